The van der Waals surface area contributed by atoms with Gasteiger partial charge in [-0.2, -0.15) is 4.98 Å². The van der Waals surface area contributed by atoms with Crippen molar-refractivity contribution in [2.45, 2.75) is 31.7 Å². The van der Waals surface area contributed by atoms with Crippen molar-refractivity contribution < 1.29 is 13.7 Å². The summed E-state index contributed by atoms with van der Waals surface area (Å²) in [6.45, 7) is 3.03. The lowest BCUT2D eigenvalue weighted by atomic mass is 9.91. The lowest BCUT2D eigenvalue weighted by molar-refractivity contribution is 0.207. The normalized spacial score (nSPS) is 19.3. The van der Waals surface area contributed by atoms with Crippen molar-refractivity contribution >= 4 is 12.4 Å². The summed E-state index contributed by atoms with van der Waals surface area (Å²) in [4.78, 5) is 8.80. The topological polar surface area (TPSA) is 73.1 Å². The summed E-state index contributed by atoms with van der Waals surface area (Å²) in [5.41, 5.74) is 0.466. The SMILES string of the molecule is CC1(c2nc(-c3ccc(Oc4ccc(F)cc4)nc3)no2)CCCCN1.Cl. The van der Waals surface area contributed by atoms with Crippen LogP contribution in [0.2, 0.25) is 0 Å². The van der Waals surface area contributed by atoms with Gasteiger partial charge in [0.05, 0.1) is 5.54 Å². The molecule has 1 atom stereocenters. The predicted octanol–water partition coefficient (Wildman–Crippen LogP) is 4.47. The maximum atomic E-state index is 12.9. The monoisotopic (exact) mass is 390 g/mol. The van der Waals surface area contributed by atoms with Gasteiger partial charge in [0.1, 0.15) is 11.6 Å². The van der Waals surface area contributed by atoms with E-state index in [0.29, 0.717) is 23.3 Å². The Morgan fingerprint density at radius 2 is 1.96 bits per heavy atom. The molecule has 0 radical (unpaired) electrons. The van der Waals surface area contributed by atoms with E-state index in [4.69, 9.17) is 9.26 Å². The number of nitrogens with one attached hydrogen (secondary N) is 1. The highest BCUT2D eigenvalue weighted by molar-refractivity contribution is 5.85. The van der Waals surface area contributed by atoms with Crippen molar-refractivity contribution in [3.63, 3.8) is 0 Å². The fourth-order valence-electron chi connectivity index (χ4n) is 3.00. The minimum Gasteiger partial charge on any atom is -0.439 e. The molecule has 3 heterocycles. The molecular formula is C19H20ClFN4O2. The summed E-state index contributed by atoms with van der Waals surface area (Å²) < 4.78 is 24.0. The first kappa shape index (κ1) is 19.3. The number of benzene rings is 1. The second kappa shape index (κ2) is 8.02. The van der Waals surface area contributed by atoms with Crippen LogP contribution in [0.1, 0.15) is 32.1 Å². The molecule has 0 aliphatic carbocycles. The van der Waals surface area contributed by atoms with Crippen LogP contribution in [0.5, 0.6) is 11.6 Å². The zero-order valence-corrected chi connectivity index (χ0v) is 15.6. The third-order valence-electron chi connectivity index (χ3n) is 4.55. The van der Waals surface area contributed by atoms with E-state index in [9.17, 15) is 4.39 Å². The Morgan fingerprint density at radius 3 is 2.63 bits per heavy atom. The molecule has 1 aliphatic rings. The highest BCUT2D eigenvalue weighted by atomic mass is 35.5. The average Bonchev–Trinajstić information content (AvgIpc) is 3.16. The van der Waals surface area contributed by atoms with E-state index in [1.807, 2.05) is 6.07 Å². The molecule has 0 saturated carbocycles. The van der Waals surface area contributed by atoms with Gasteiger partial charge in [-0.25, -0.2) is 9.37 Å². The predicted molar refractivity (Wildman–Crippen MR) is 100 cm³/mol. The summed E-state index contributed by atoms with van der Waals surface area (Å²) in [5.74, 6) is 1.71. The first-order valence-corrected chi connectivity index (χ1v) is 8.61. The van der Waals surface area contributed by atoms with Crippen LogP contribution in [0.4, 0.5) is 4.39 Å². The van der Waals surface area contributed by atoms with Gasteiger partial charge in [-0.3, -0.25) is 0 Å². The standard InChI is InChI=1S/C19H19FN4O2.ClH/c1-19(10-2-3-11-22-19)18-23-17(24-26-18)13-4-9-16(21-12-13)25-15-7-5-14(20)6-8-15;/h4-9,12,22H,2-3,10-11H2,1H3;1H. The number of nitrogens with zero attached hydrogens (tertiary/aromatic N) is 3. The van der Waals surface area contributed by atoms with Crippen molar-refractivity contribution in [2.24, 2.45) is 0 Å². The van der Waals surface area contributed by atoms with Crippen molar-refractivity contribution in [3.05, 3.63) is 54.3 Å². The zero-order valence-electron chi connectivity index (χ0n) is 14.8. The Kier molecular flexibility index (Phi) is 5.72. The average molecular weight is 391 g/mol. The van der Waals surface area contributed by atoms with Crippen LogP contribution in [0.3, 0.4) is 0 Å². The number of pyridine rings is 1. The third-order valence-corrected chi connectivity index (χ3v) is 4.55. The second-order valence-electron chi connectivity index (χ2n) is 6.58. The zero-order chi connectivity index (χ0) is 18.0. The Bertz CT molecular complexity index is 877. The molecule has 3 aromatic rings. The molecule has 1 fully saturated rings. The number of piperidine rings is 1. The number of aromatic nitrogens is 3. The number of halogens is 2. The summed E-state index contributed by atoms with van der Waals surface area (Å²) >= 11 is 0. The molecule has 0 bridgehead atoms. The number of hydrogen-bond donors (Lipinski definition) is 1. The van der Waals surface area contributed by atoms with E-state index in [0.717, 1.165) is 31.4 Å². The van der Waals surface area contributed by atoms with E-state index in [-0.39, 0.29) is 23.8 Å². The Balaban J connectivity index is 0.00000210. The van der Waals surface area contributed by atoms with Crippen molar-refractivity contribution in [2.75, 3.05) is 6.54 Å². The summed E-state index contributed by atoms with van der Waals surface area (Å²) in [7, 11) is 0. The molecule has 4 rings (SSSR count). The van der Waals surface area contributed by atoms with E-state index < -0.39 is 0 Å². The lowest BCUT2D eigenvalue weighted by Crippen LogP contribution is -2.43. The van der Waals surface area contributed by atoms with Gasteiger partial charge in [0.2, 0.25) is 17.6 Å². The van der Waals surface area contributed by atoms with E-state index >= 15 is 0 Å². The molecule has 6 nitrogen and oxygen atoms in total. The van der Waals surface area contributed by atoms with Crippen LogP contribution in [0, 0.1) is 5.82 Å². The fourth-order valence-corrected chi connectivity index (χ4v) is 3.00. The minimum atomic E-state index is -0.310. The first-order valence-electron chi connectivity index (χ1n) is 8.61. The minimum absolute atomic E-state index is 0. The molecular weight excluding hydrogens is 371 g/mol. The molecule has 1 aromatic carbocycles. The molecule has 2 aromatic heterocycles. The van der Waals surface area contributed by atoms with Crippen LogP contribution in [-0.4, -0.2) is 21.7 Å². The van der Waals surface area contributed by atoms with Gasteiger partial charge in [-0.05, 0) is 63.1 Å². The maximum absolute atomic E-state index is 12.9. The van der Waals surface area contributed by atoms with Crippen molar-refractivity contribution in [1.29, 1.82) is 0 Å². The van der Waals surface area contributed by atoms with Gasteiger partial charge >= 0.3 is 0 Å². The largest absolute Gasteiger partial charge is 0.439 e. The van der Waals surface area contributed by atoms with Crippen LogP contribution in [0.15, 0.2) is 47.1 Å². The maximum Gasteiger partial charge on any atom is 0.246 e. The van der Waals surface area contributed by atoms with Crippen LogP contribution >= 0.6 is 12.4 Å². The molecule has 27 heavy (non-hydrogen) atoms. The van der Waals surface area contributed by atoms with Gasteiger partial charge in [0, 0.05) is 17.8 Å². The number of ether oxygens (including phenoxy) is 1. The lowest BCUT2D eigenvalue weighted by Gasteiger charge is -2.31. The quantitative estimate of drug-likeness (QED) is 0.708. The molecule has 142 valence electrons. The van der Waals surface area contributed by atoms with Crippen LogP contribution < -0.4 is 10.1 Å². The first-order chi connectivity index (χ1) is 12.6. The van der Waals surface area contributed by atoms with E-state index in [2.05, 4.69) is 27.4 Å². The van der Waals surface area contributed by atoms with Gasteiger partial charge in [0.15, 0.2) is 0 Å². The fraction of sp³-hybridized carbons (Fsp3) is 0.316. The van der Waals surface area contributed by atoms with E-state index in [1.165, 1.54) is 12.1 Å². The Hall–Kier alpha value is -2.51. The van der Waals surface area contributed by atoms with E-state index in [1.54, 1.807) is 24.4 Å². The highest BCUT2D eigenvalue weighted by Gasteiger charge is 2.34. The molecule has 1 saturated heterocycles. The Labute approximate surface area is 162 Å². The molecule has 0 amide bonds. The summed E-state index contributed by atoms with van der Waals surface area (Å²) in [6, 6.07) is 9.31. The molecule has 0 spiro atoms. The van der Waals surface area contributed by atoms with Crippen LogP contribution in [-0.2, 0) is 5.54 Å². The number of rotatable bonds is 4. The third kappa shape index (κ3) is 4.26. The Morgan fingerprint density at radius 1 is 1.15 bits per heavy atom. The summed E-state index contributed by atoms with van der Waals surface area (Å²) in [5, 5.41) is 7.54. The number of hydrogen-bond acceptors (Lipinski definition) is 6. The summed E-state index contributed by atoms with van der Waals surface area (Å²) in [6.07, 6.45) is 4.90. The second-order valence-corrected chi connectivity index (χ2v) is 6.58. The molecule has 1 unspecified atom stereocenters. The van der Waals surface area contributed by atoms with Gasteiger partial charge in [0.25, 0.3) is 0 Å². The highest BCUT2D eigenvalue weighted by Crippen LogP contribution is 2.30. The smallest absolute Gasteiger partial charge is 0.246 e. The van der Waals surface area contributed by atoms with Gasteiger partial charge in [-0.15, -0.1) is 12.4 Å². The van der Waals surface area contributed by atoms with Crippen molar-refractivity contribution in [1.82, 2.24) is 20.4 Å². The molecule has 1 N–H and O–H groups in total. The van der Waals surface area contributed by atoms with Gasteiger partial charge in [-0.1, -0.05) is 5.16 Å². The molecule has 1 aliphatic heterocycles. The molecule has 8 heteroatoms. The van der Waals surface area contributed by atoms with Crippen molar-refractivity contribution in [3.8, 4) is 23.0 Å². The van der Waals surface area contributed by atoms with Gasteiger partial charge < -0.3 is 14.6 Å². The van der Waals surface area contributed by atoms with Crippen LogP contribution in [0.25, 0.3) is 11.4 Å².